The van der Waals surface area contributed by atoms with Gasteiger partial charge in [0.2, 0.25) is 11.6 Å². The summed E-state index contributed by atoms with van der Waals surface area (Å²) in [6, 6.07) is 0. The van der Waals surface area contributed by atoms with E-state index in [4.69, 9.17) is 0 Å². The zero-order valence-corrected chi connectivity index (χ0v) is 11.8. The number of carbonyl (C=O) groups is 2. The van der Waals surface area contributed by atoms with Gasteiger partial charge in [0, 0.05) is 31.9 Å². The fourth-order valence-electron chi connectivity index (χ4n) is 3.14. The highest BCUT2D eigenvalue weighted by Crippen LogP contribution is 2.34. The van der Waals surface area contributed by atoms with Crippen LogP contribution in [0.1, 0.15) is 51.9 Å². The van der Waals surface area contributed by atoms with Gasteiger partial charge in [0.25, 0.3) is 0 Å². The number of aromatic nitrogens is 1. The van der Waals surface area contributed by atoms with Gasteiger partial charge < -0.3 is 9.47 Å². The summed E-state index contributed by atoms with van der Waals surface area (Å²) < 4.78 is 1.89. The van der Waals surface area contributed by atoms with Crippen LogP contribution in [0.2, 0.25) is 0 Å². The Hall–Kier alpha value is -1.84. The van der Waals surface area contributed by atoms with E-state index in [0.717, 1.165) is 24.3 Å². The highest BCUT2D eigenvalue weighted by molar-refractivity contribution is 6.24. The first-order valence-electron chi connectivity index (χ1n) is 6.68. The van der Waals surface area contributed by atoms with Crippen LogP contribution in [-0.4, -0.2) is 34.1 Å². The molecule has 2 heterocycles. The Morgan fingerprint density at radius 2 is 1.84 bits per heavy atom. The third-order valence-electron chi connectivity index (χ3n) is 3.99. The molecule has 0 saturated carbocycles. The maximum absolute atomic E-state index is 12.6. The smallest absolute Gasteiger partial charge is 0.211 e. The third kappa shape index (κ3) is 1.59. The van der Waals surface area contributed by atoms with Gasteiger partial charge >= 0.3 is 0 Å². The number of carbonyl (C=O) groups excluding carboxylic acids is 2. The Kier molecular flexibility index (Phi) is 2.46. The lowest BCUT2D eigenvalue weighted by Gasteiger charge is -2.14. The topological polar surface area (TPSA) is 42.1 Å². The second kappa shape index (κ2) is 3.83. The highest BCUT2D eigenvalue weighted by atomic mass is 16.1. The first-order valence-corrected chi connectivity index (χ1v) is 6.68. The van der Waals surface area contributed by atoms with E-state index in [1.165, 1.54) is 6.08 Å². The van der Waals surface area contributed by atoms with Crippen molar-refractivity contribution in [3.63, 3.8) is 0 Å². The molecule has 0 aromatic carbocycles. The molecule has 0 spiro atoms. The van der Waals surface area contributed by atoms with Gasteiger partial charge in [0.05, 0.1) is 11.3 Å². The summed E-state index contributed by atoms with van der Waals surface area (Å²) in [7, 11) is 1.88. The van der Waals surface area contributed by atoms with Gasteiger partial charge in [-0.15, -0.1) is 0 Å². The molecule has 2 aliphatic rings. The summed E-state index contributed by atoms with van der Waals surface area (Å²) in [5.41, 5.74) is 3.77. The molecule has 4 heteroatoms. The molecule has 1 aromatic rings. The number of rotatable bonds is 2. The SMILES string of the molecule is Cc1c2c(n(C)c1C(C)C)C(=O)C=C(N1CC1)C2=O. The van der Waals surface area contributed by atoms with Crippen LogP contribution in [0.4, 0.5) is 0 Å². The van der Waals surface area contributed by atoms with E-state index in [1.54, 1.807) is 0 Å². The van der Waals surface area contributed by atoms with Crippen LogP contribution in [0, 0.1) is 6.92 Å². The van der Waals surface area contributed by atoms with Crippen LogP contribution in [0.5, 0.6) is 0 Å². The highest BCUT2D eigenvalue weighted by Gasteiger charge is 2.37. The number of allylic oxidation sites excluding steroid dienone is 2. The van der Waals surface area contributed by atoms with Crippen molar-refractivity contribution in [3.8, 4) is 0 Å². The lowest BCUT2D eigenvalue weighted by molar-refractivity contribution is 0.0966. The number of hydrogen-bond acceptors (Lipinski definition) is 3. The molecule has 0 N–H and O–H groups in total. The molecule has 3 rings (SSSR count). The Morgan fingerprint density at radius 1 is 1.21 bits per heavy atom. The summed E-state index contributed by atoms with van der Waals surface area (Å²) >= 11 is 0. The van der Waals surface area contributed by atoms with Crippen LogP contribution in [0.15, 0.2) is 11.8 Å². The van der Waals surface area contributed by atoms with Gasteiger partial charge in [-0.3, -0.25) is 9.59 Å². The van der Waals surface area contributed by atoms with Crippen LogP contribution >= 0.6 is 0 Å². The van der Waals surface area contributed by atoms with Gasteiger partial charge in [0.15, 0.2) is 0 Å². The molecule has 19 heavy (non-hydrogen) atoms. The molecule has 100 valence electrons. The maximum Gasteiger partial charge on any atom is 0.211 e. The number of hydrogen-bond donors (Lipinski definition) is 0. The van der Waals surface area contributed by atoms with Crippen molar-refractivity contribution >= 4 is 11.6 Å². The Balaban J connectivity index is 2.22. The lowest BCUT2D eigenvalue weighted by atomic mass is 9.94. The summed E-state index contributed by atoms with van der Waals surface area (Å²) in [5.74, 6) is 0.252. The maximum atomic E-state index is 12.6. The minimum absolute atomic E-state index is 0.00657. The van der Waals surface area contributed by atoms with E-state index < -0.39 is 0 Å². The average molecular weight is 258 g/mol. The standard InChI is InChI=1S/C15H18N2O2/c1-8(2)13-9(3)12-14(16(13)4)11(18)7-10(15(12)19)17-5-6-17/h7-8H,5-6H2,1-4H3. The number of fused-ring (bicyclic) bond motifs is 1. The molecule has 1 aromatic heterocycles. The number of Topliss-reactive ketones (excluding diaryl/α,β-unsaturated/α-hetero) is 1. The summed E-state index contributed by atoms with van der Waals surface area (Å²) in [6.45, 7) is 7.87. The Labute approximate surface area is 112 Å². The molecule has 0 atom stereocenters. The predicted octanol–water partition coefficient (Wildman–Crippen LogP) is 2.04. The molecule has 1 saturated heterocycles. The van der Waals surface area contributed by atoms with E-state index in [0.29, 0.717) is 22.9 Å². The van der Waals surface area contributed by atoms with Gasteiger partial charge in [-0.1, -0.05) is 13.8 Å². The molecule has 1 aliphatic heterocycles. The second-order valence-corrected chi connectivity index (χ2v) is 5.66. The Morgan fingerprint density at radius 3 is 2.37 bits per heavy atom. The van der Waals surface area contributed by atoms with Crippen LogP contribution < -0.4 is 0 Å². The van der Waals surface area contributed by atoms with Crippen molar-refractivity contribution in [2.75, 3.05) is 13.1 Å². The molecule has 0 amide bonds. The van der Waals surface area contributed by atoms with Crippen molar-refractivity contribution in [1.29, 1.82) is 0 Å². The molecule has 4 nitrogen and oxygen atoms in total. The lowest BCUT2D eigenvalue weighted by Crippen LogP contribution is -2.22. The minimum Gasteiger partial charge on any atom is -0.365 e. The van der Waals surface area contributed by atoms with Crippen LogP contribution in [0.3, 0.4) is 0 Å². The van der Waals surface area contributed by atoms with Gasteiger partial charge in [-0.2, -0.15) is 0 Å². The quantitative estimate of drug-likeness (QED) is 0.762. The van der Waals surface area contributed by atoms with Gasteiger partial charge in [0.1, 0.15) is 5.69 Å². The monoisotopic (exact) mass is 258 g/mol. The zero-order valence-electron chi connectivity index (χ0n) is 11.8. The second-order valence-electron chi connectivity index (χ2n) is 5.66. The fraction of sp³-hybridized carbons (Fsp3) is 0.467. The number of nitrogens with zero attached hydrogens (tertiary/aromatic N) is 2. The summed E-state index contributed by atoms with van der Waals surface area (Å²) in [5, 5.41) is 0. The van der Waals surface area contributed by atoms with E-state index in [9.17, 15) is 9.59 Å². The predicted molar refractivity (Wildman–Crippen MR) is 72.6 cm³/mol. The number of ketones is 2. The first-order chi connectivity index (χ1) is 8.93. The molecule has 0 radical (unpaired) electrons. The fourth-order valence-corrected chi connectivity index (χ4v) is 3.14. The summed E-state index contributed by atoms with van der Waals surface area (Å²) in [6.07, 6.45) is 1.50. The Bertz CT molecular complexity index is 631. The normalized spacial score (nSPS) is 17.9. The minimum atomic E-state index is -0.0472. The van der Waals surface area contributed by atoms with E-state index in [1.807, 2.05) is 23.4 Å². The molecule has 1 fully saturated rings. The third-order valence-corrected chi connectivity index (χ3v) is 3.99. The van der Waals surface area contributed by atoms with Crippen LogP contribution in [0.25, 0.3) is 0 Å². The van der Waals surface area contributed by atoms with E-state index in [2.05, 4.69) is 13.8 Å². The van der Waals surface area contributed by atoms with Crippen molar-refractivity contribution in [3.05, 3.63) is 34.3 Å². The van der Waals surface area contributed by atoms with Crippen molar-refractivity contribution in [2.24, 2.45) is 7.05 Å². The van der Waals surface area contributed by atoms with E-state index >= 15 is 0 Å². The molecule has 0 unspecified atom stereocenters. The molecule has 0 bridgehead atoms. The summed E-state index contributed by atoms with van der Waals surface area (Å²) in [4.78, 5) is 26.8. The van der Waals surface area contributed by atoms with Gasteiger partial charge in [-0.25, -0.2) is 0 Å². The van der Waals surface area contributed by atoms with E-state index in [-0.39, 0.29) is 11.6 Å². The molecule has 1 aliphatic carbocycles. The average Bonchev–Trinajstić information content (AvgIpc) is 3.10. The molecular weight excluding hydrogens is 240 g/mol. The van der Waals surface area contributed by atoms with Gasteiger partial charge in [-0.05, 0) is 18.4 Å². The zero-order chi connectivity index (χ0) is 13.9. The van der Waals surface area contributed by atoms with Crippen molar-refractivity contribution in [2.45, 2.75) is 26.7 Å². The van der Waals surface area contributed by atoms with Crippen molar-refractivity contribution < 1.29 is 9.59 Å². The van der Waals surface area contributed by atoms with Crippen LogP contribution in [-0.2, 0) is 7.05 Å². The van der Waals surface area contributed by atoms with Crippen molar-refractivity contribution in [1.82, 2.24) is 9.47 Å². The largest absolute Gasteiger partial charge is 0.365 e. The first kappa shape index (κ1) is 12.2. The molecular formula is C15H18N2O2.